The van der Waals surface area contributed by atoms with E-state index >= 15 is 0 Å². The highest BCUT2D eigenvalue weighted by atomic mass is 16.6. The number of ether oxygens (including phenoxy) is 1. The zero-order chi connectivity index (χ0) is 18.4. The van der Waals surface area contributed by atoms with Crippen LogP contribution in [-0.4, -0.2) is 41.3 Å². The normalized spacial score (nSPS) is 15.9. The summed E-state index contributed by atoms with van der Waals surface area (Å²) in [6.07, 6.45) is 4.12. The van der Waals surface area contributed by atoms with E-state index in [9.17, 15) is 4.79 Å². The molecule has 6 heteroatoms. The van der Waals surface area contributed by atoms with Gasteiger partial charge >= 0.3 is 0 Å². The van der Waals surface area contributed by atoms with Crippen LogP contribution in [0.25, 0.3) is 0 Å². The minimum atomic E-state index is -0.537. The molecule has 0 bridgehead atoms. The Hall–Kier alpha value is -2.89. The molecule has 0 spiro atoms. The van der Waals surface area contributed by atoms with Gasteiger partial charge in [-0.05, 0) is 42.3 Å². The SMILES string of the molecule is CCN(Cc1ccncc1)C(=O)C1CC(Cc2ccc(OC)cc2)=NO1. The minimum absolute atomic E-state index is 0.0298. The zero-order valence-corrected chi connectivity index (χ0v) is 15.1. The lowest BCUT2D eigenvalue weighted by molar-refractivity contribution is -0.142. The van der Waals surface area contributed by atoms with Crippen molar-refractivity contribution in [3.63, 3.8) is 0 Å². The second-order valence-electron chi connectivity index (χ2n) is 6.19. The first kappa shape index (κ1) is 17.9. The van der Waals surface area contributed by atoms with E-state index in [4.69, 9.17) is 9.57 Å². The van der Waals surface area contributed by atoms with Crippen molar-refractivity contribution in [1.29, 1.82) is 0 Å². The summed E-state index contributed by atoms with van der Waals surface area (Å²) in [6, 6.07) is 11.7. The van der Waals surface area contributed by atoms with E-state index in [1.165, 1.54) is 0 Å². The second-order valence-corrected chi connectivity index (χ2v) is 6.19. The summed E-state index contributed by atoms with van der Waals surface area (Å²) in [6.45, 7) is 3.13. The summed E-state index contributed by atoms with van der Waals surface area (Å²) in [5.41, 5.74) is 3.05. The minimum Gasteiger partial charge on any atom is -0.497 e. The molecule has 0 fully saturated rings. The number of aromatic nitrogens is 1. The molecule has 1 aliphatic heterocycles. The molecule has 136 valence electrons. The van der Waals surface area contributed by atoms with Gasteiger partial charge in [-0.15, -0.1) is 0 Å². The fourth-order valence-electron chi connectivity index (χ4n) is 2.90. The molecular formula is C20H23N3O3. The number of benzene rings is 1. The number of hydrogen-bond acceptors (Lipinski definition) is 5. The molecule has 0 saturated carbocycles. The molecule has 1 aromatic heterocycles. The van der Waals surface area contributed by atoms with Gasteiger partial charge in [0, 0.05) is 38.3 Å². The number of nitrogens with zero attached hydrogens (tertiary/aromatic N) is 3. The lowest BCUT2D eigenvalue weighted by Gasteiger charge is -2.23. The van der Waals surface area contributed by atoms with Crippen LogP contribution in [0.1, 0.15) is 24.5 Å². The van der Waals surface area contributed by atoms with Gasteiger partial charge < -0.3 is 14.5 Å². The monoisotopic (exact) mass is 353 g/mol. The first-order valence-electron chi connectivity index (χ1n) is 8.71. The van der Waals surface area contributed by atoms with Gasteiger partial charge in [-0.2, -0.15) is 0 Å². The maximum atomic E-state index is 12.8. The largest absolute Gasteiger partial charge is 0.497 e. The van der Waals surface area contributed by atoms with Gasteiger partial charge in [0.1, 0.15) is 5.75 Å². The van der Waals surface area contributed by atoms with E-state index in [1.807, 2.05) is 43.3 Å². The highest BCUT2D eigenvalue weighted by Gasteiger charge is 2.31. The Balaban J connectivity index is 1.56. The third kappa shape index (κ3) is 4.39. The first-order chi connectivity index (χ1) is 12.7. The Morgan fingerprint density at radius 2 is 1.92 bits per heavy atom. The summed E-state index contributed by atoms with van der Waals surface area (Å²) in [7, 11) is 1.64. The van der Waals surface area contributed by atoms with E-state index in [2.05, 4.69) is 10.1 Å². The topological polar surface area (TPSA) is 64.0 Å². The van der Waals surface area contributed by atoms with Crippen molar-refractivity contribution in [2.75, 3.05) is 13.7 Å². The summed E-state index contributed by atoms with van der Waals surface area (Å²) < 4.78 is 5.17. The van der Waals surface area contributed by atoms with E-state index in [-0.39, 0.29) is 5.91 Å². The van der Waals surface area contributed by atoms with Crippen LogP contribution in [0.4, 0.5) is 0 Å². The van der Waals surface area contributed by atoms with Crippen molar-refractivity contribution in [2.45, 2.75) is 32.4 Å². The van der Waals surface area contributed by atoms with Gasteiger partial charge in [0.05, 0.1) is 12.8 Å². The summed E-state index contributed by atoms with van der Waals surface area (Å²) >= 11 is 0. The van der Waals surface area contributed by atoms with Gasteiger partial charge in [0.2, 0.25) is 6.10 Å². The van der Waals surface area contributed by atoms with Crippen LogP contribution in [0.5, 0.6) is 5.75 Å². The number of likely N-dealkylation sites (N-methyl/N-ethyl adjacent to an activating group) is 1. The molecule has 0 aliphatic carbocycles. The maximum Gasteiger partial charge on any atom is 0.267 e. The smallest absolute Gasteiger partial charge is 0.267 e. The van der Waals surface area contributed by atoms with Crippen LogP contribution in [0, 0.1) is 0 Å². The van der Waals surface area contributed by atoms with Gasteiger partial charge in [0.25, 0.3) is 5.91 Å². The molecule has 1 unspecified atom stereocenters. The Morgan fingerprint density at radius 1 is 1.19 bits per heavy atom. The number of hydrogen-bond donors (Lipinski definition) is 0. The Bertz CT molecular complexity index is 760. The maximum absolute atomic E-state index is 12.8. The highest BCUT2D eigenvalue weighted by Crippen LogP contribution is 2.19. The average molecular weight is 353 g/mol. The van der Waals surface area contributed by atoms with Crippen LogP contribution in [0.2, 0.25) is 0 Å². The number of rotatable bonds is 7. The van der Waals surface area contributed by atoms with Crippen molar-refractivity contribution in [2.24, 2.45) is 5.16 Å². The number of carbonyl (C=O) groups is 1. The predicted octanol–water partition coefficient (Wildman–Crippen LogP) is 2.83. The van der Waals surface area contributed by atoms with E-state index in [1.54, 1.807) is 24.4 Å². The molecule has 1 atom stereocenters. The molecule has 1 amide bonds. The molecule has 6 nitrogen and oxygen atoms in total. The van der Waals surface area contributed by atoms with Crippen molar-refractivity contribution >= 4 is 11.6 Å². The van der Waals surface area contributed by atoms with E-state index < -0.39 is 6.10 Å². The molecule has 0 N–H and O–H groups in total. The standard InChI is InChI=1S/C20H23N3O3/c1-3-23(14-16-8-10-21-11-9-16)20(24)19-13-17(22-26-19)12-15-4-6-18(25-2)7-5-15/h4-11,19H,3,12-14H2,1-2H3. The number of pyridine rings is 1. The van der Waals surface area contributed by atoms with Crippen molar-refractivity contribution in [3.8, 4) is 5.75 Å². The Kier molecular flexibility index (Phi) is 5.84. The lowest BCUT2D eigenvalue weighted by Crippen LogP contribution is -2.38. The Morgan fingerprint density at radius 3 is 2.58 bits per heavy atom. The van der Waals surface area contributed by atoms with Crippen LogP contribution in [0.3, 0.4) is 0 Å². The summed E-state index contributed by atoms with van der Waals surface area (Å²) in [5, 5.41) is 4.13. The Labute approximate surface area is 153 Å². The van der Waals surface area contributed by atoms with Gasteiger partial charge in [0.15, 0.2) is 0 Å². The van der Waals surface area contributed by atoms with E-state index in [0.717, 1.165) is 22.6 Å². The molecule has 2 heterocycles. The van der Waals surface area contributed by atoms with Crippen molar-refractivity contribution in [1.82, 2.24) is 9.88 Å². The summed E-state index contributed by atoms with van der Waals surface area (Å²) in [4.78, 5) is 24.0. The average Bonchev–Trinajstić information content (AvgIpc) is 3.15. The number of amides is 1. The number of methoxy groups -OCH3 is 1. The van der Waals surface area contributed by atoms with Crippen LogP contribution >= 0.6 is 0 Å². The fraction of sp³-hybridized carbons (Fsp3) is 0.350. The third-order valence-corrected chi connectivity index (χ3v) is 4.39. The van der Waals surface area contributed by atoms with Crippen LogP contribution in [0.15, 0.2) is 53.9 Å². The molecule has 1 aromatic carbocycles. The summed E-state index contributed by atoms with van der Waals surface area (Å²) in [5.74, 6) is 0.791. The molecule has 26 heavy (non-hydrogen) atoms. The fourth-order valence-corrected chi connectivity index (χ4v) is 2.90. The molecule has 0 saturated heterocycles. The quantitative estimate of drug-likeness (QED) is 0.768. The number of carbonyl (C=O) groups excluding carboxylic acids is 1. The molecule has 1 aliphatic rings. The predicted molar refractivity (Wildman–Crippen MR) is 99.0 cm³/mol. The first-order valence-corrected chi connectivity index (χ1v) is 8.71. The van der Waals surface area contributed by atoms with Crippen molar-refractivity contribution < 1.29 is 14.4 Å². The molecule has 3 rings (SSSR count). The van der Waals surface area contributed by atoms with Crippen LogP contribution in [-0.2, 0) is 22.6 Å². The van der Waals surface area contributed by atoms with Crippen LogP contribution < -0.4 is 4.74 Å². The lowest BCUT2D eigenvalue weighted by atomic mass is 10.0. The highest BCUT2D eigenvalue weighted by molar-refractivity contribution is 5.94. The van der Waals surface area contributed by atoms with Crippen molar-refractivity contribution in [3.05, 3.63) is 59.9 Å². The third-order valence-electron chi connectivity index (χ3n) is 4.39. The van der Waals surface area contributed by atoms with Gasteiger partial charge in [-0.1, -0.05) is 17.3 Å². The molecule has 2 aromatic rings. The van der Waals surface area contributed by atoms with E-state index in [0.29, 0.717) is 25.9 Å². The molecular weight excluding hydrogens is 330 g/mol. The number of oxime groups is 1. The molecule has 0 radical (unpaired) electrons. The zero-order valence-electron chi connectivity index (χ0n) is 15.1. The second kappa shape index (κ2) is 8.47. The van der Waals surface area contributed by atoms with Gasteiger partial charge in [-0.25, -0.2) is 0 Å². The van der Waals surface area contributed by atoms with Gasteiger partial charge in [-0.3, -0.25) is 9.78 Å².